The molecule has 0 aliphatic carbocycles. The third-order valence-corrected chi connectivity index (χ3v) is 2.31. The number of halogens is 1. The van der Waals surface area contributed by atoms with Crippen molar-refractivity contribution < 1.29 is 5.11 Å². The Morgan fingerprint density at radius 1 is 1.50 bits per heavy atom. The Morgan fingerprint density at radius 2 is 2.29 bits per heavy atom. The molecular formula is C9H7BrN2O2. The minimum atomic E-state index is -0.220. The maximum Gasteiger partial charge on any atom is 0.258 e. The Balaban J connectivity index is 2.83. The second-order valence-corrected chi connectivity index (χ2v) is 3.74. The van der Waals surface area contributed by atoms with E-state index in [1.54, 1.807) is 18.3 Å². The van der Waals surface area contributed by atoms with Crippen molar-refractivity contribution in [2.24, 2.45) is 0 Å². The van der Waals surface area contributed by atoms with Gasteiger partial charge in [-0.25, -0.2) is 4.98 Å². The van der Waals surface area contributed by atoms with Gasteiger partial charge in [0.1, 0.15) is 5.65 Å². The number of aliphatic hydroxyl groups excluding tert-OH is 1. The fourth-order valence-corrected chi connectivity index (χ4v) is 1.54. The van der Waals surface area contributed by atoms with Crippen LogP contribution in [-0.2, 0) is 6.61 Å². The zero-order valence-electron chi connectivity index (χ0n) is 7.14. The van der Waals surface area contributed by atoms with Crippen LogP contribution in [0.5, 0.6) is 0 Å². The maximum absolute atomic E-state index is 11.5. The van der Waals surface area contributed by atoms with Crippen molar-refractivity contribution >= 4 is 21.6 Å². The molecule has 0 atom stereocenters. The van der Waals surface area contributed by atoms with Crippen molar-refractivity contribution in [3.8, 4) is 0 Å². The molecule has 2 aromatic heterocycles. The molecule has 0 unspecified atom stereocenters. The molecule has 2 rings (SSSR count). The first-order valence-corrected chi connectivity index (χ1v) is 4.79. The highest BCUT2D eigenvalue weighted by Gasteiger charge is 2.01. The maximum atomic E-state index is 11.5. The highest BCUT2D eigenvalue weighted by Crippen LogP contribution is 2.09. The fourth-order valence-electron chi connectivity index (χ4n) is 1.21. The molecule has 0 bridgehead atoms. The van der Waals surface area contributed by atoms with Crippen molar-refractivity contribution in [3.05, 3.63) is 44.9 Å². The third-order valence-electron chi connectivity index (χ3n) is 1.84. The lowest BCUT2D eigenvalue weighted by molar-refractivity contribution is 0.277. The number of hydrogen-bond donors (Lipinski definition) is 1. The van der Waals surface area contributed by atoms with Crippen molar-refractivity contribution in [1.29, 1.82) is 0 Å². The van der Waals surface area contributed by atoms with E-state index in [4.69, 9.17) is 5.11 Å². The van der Waals surface area contributed by atoms with Crippen molar-refractivity contribution in [2.45, 2.75) is 6.61 Å². The molecule has 0 radical (unpaired) electrons. The first-order valence-electron chi connectivity index (χ1n) is 3.99. The summed E-state index contributed by atoms with van der Waals surface area (Å²) in [5.41, 5.74) is 0.724. The molecule has 0 amide bonds. The first kappa shape index (κ1) is 9.36. The molecule has 0 aliphatic heterocycles. The van der Waals surface area contributed by atoms with E-state index >= 15 is 0 Å². The van der Waals surface area contributed by atoms with Gasteiger partial charge in [0.25, 0.3) is 5.56 Å². The summed E-state index contributed by atoms with van der Waals surface area (Å²) < 4.78 is 2.23. The van der Waals surface area contributed by atoms with Crippen molar-refractivity contribution in [2.75, 3.05) is 0 Å². The quantitative estimate of drug-likeness (QED) is 0.825. The first-order chi connectivity index (χ1) is 6.70. The Hall–Kier alpha value is -1.20. The van der Waals surface area contributed by atoms with Crippen LogP contribution < -0.4 is 5.56 Å². The van der Waals surface area contributed by atoms with Gasteiger partial charge in [0.05, 0.1) is 12.3 Å². The van der Waals surface area contributed by atoms with Gasteiger partial charge in [-0.05, 0) is 28.1 Å². The lowest BCUT2D eigenvalue weighted by atomic mass is 10.4. The molecule has 14 heavy (non-hydrogen) atoms. The number of nitrogens with zero attached hydrogens (tertiary/aromatic N) is 2. The summed E-state index contributed by atoms with van der Waals surface area (Å²) in [5.74, 6) is 0. The van der Waals surface area contributed by atoms with Gasteiger partial charge in [-0.1, -0.05) is 0 Å². The van der Waals surface area contributed by atoms with Gasteiger partial charge in [0.2, 0.25) is 0 Å². The molecule has 4 nitrogen and oxygen atoms in total. The molecule has 2 aromatic rings. The van der Waals surface area contributed by atoms with Gasteiger partial charge in [-0.2, -0.15) is 0 Å². The van der Waals surface area contributed by atoms with Gasteiger partial charge in [-0.15, -0.1) is 0 Å². The number of fused-ring (bicyclic) bond motifs is 1. The van der Waals surface area contributed by atoms with E-state index in [1.807, 2.05) is 0 Å². The van der Waals surface area contributed by atoms with E-state index in [1.165, 1.54) is 10.5 Å². The zero-order valence-corrected chi connectivity index (χ0v) is 8.73. The predicted octanol–water partition coefficient (Wildman–Crippen LogP) is 0.949. The van der Waals surface area contributed by atoms with E-state index in [0.717, 1.165) is 4.47 Å². The zero-order chi connectivity index (χ0) is 10.1. The van der Waals surface area contributed by atoms with Gasteiger partial charge < -0.3 is 5.11 Å². The summed E-state index contributed by atoms with van der Waals surface area (Å²) in [6.07, 6.45) is 1.64. The minimum Gasteiger partial charge on any atom is -0.390 e. The Labute approximate surface area is 88.0 Å². The van der Waals surface area contributed by atoms with Crippen molar-refractivity contribution in [3.63, 3.8) is 0 Å². The standard InChI is InChI=1S/C9H7BrN2O2/c10-6-1-2-8-11-7(5-13)3-9(14)12(8)4-6/h1-4,13H,5H2. The largest absolute Gasteiger partial charge is 0.390 e. The van der Waals surface area contributed by atoms with Crippen LogP contribution >= 0.6 is 15.9 Å². The molecule has 72 valence electrons. The monoisotopic (exact) mass is 254 g/mol. The van der Waals surface area contributed by atoms with E-state index in [-0.39, 0.29) is 12.2 Å². The predicted molar refractivity (Wildman–Crippen MR) is 55.1 cm³/mol. The van der Waals surface area contributed by atoms with E-state index in [0.29, 0.717) is 11.3 Å². The van der Waals surface area contributed by atoms with Crippen LogP contribution in [0, 0.1) is 0 Å². The van der Waals surface area contributed by atoms with Gasteiger partial charge in [0, 0.05) is 16.7 Å². The summed E-state index contributed by atoms with van der Waals surface area (Å²) in [6.45, 7) is -0.220. The Bertz CT molecular complexity index is 536. The van der Waals surface area contributed by atoms with Crippen LogP contribution in [0.4, 0.5) is 0 Å². The summed E-state index contributed by atoms with van der Waals surface area (Å²) in [7, 11) is 0. The molecule has 0 aliphatic rings. The highest BCUT2D eigenvalue weighted by molar-refractivity contribution is 9.10. The SMILES string of the molecule is O=c1cc(CO)nc2ccc(Br)cn12. The number of rotatable bonds is 1. The second kappa shape index (κ2) is 3.51. The molecule has 0 saturated carbocycles. The number of hydrogen-bond acceptors (Lipinski definition) is 3. The molecule has 0 saturated heterocycles. The lowest BCUT2D eigenvalue weighted by Crippen LogP contribution is -2.15. The number of aliphatic hydroxyl groups is 1. The summed E-state index contributed by atoms with van der Waals surface area (Å²) >= 11 is 3.27. The average molecular weight is 255 g/mol. The van der Waals surface area contributed by atoms with E-state index in [2.05, 4.69) is 20.9 Å². The molecule has 0 fully saturated rings. The fraction of sp³-hybridized carbons (Fsp3) is 0.111. The Morgan fingerprint density at radius 3 is 3.00 bits per heavy atom. The molecule has 0 spiro atoms. The van der Waals surface area contributed by atoms with Gasteiger partial charge >= 0.3 is 0 Å². The Kier molecular flexibility index (Phi) is 2.35. The molecule has 0 aromatic carbocycles. The van der Waals surface area contributed by atoms with Crippen LogP contribution in [0.1, 0.15) is 5.69 Å². The van der Waals surface area contributed by atoms with Crippen LogP contribution in [0.15, 0.2) is 33.7 Å². The van der Waals surface area contributed by atoms with Crippen LogP contribution in [0.3, 0.4) is 0 Å². The summed E-state index contributed by atoms with van der Waals surface area (Å²) in [4.78, 5) is 15.6. The number of pyridine rings is 1. The average Bonchev–Trinajstić information content (AvgIpc) is 2.19. The van der Waals surface area contributed by atoms with E-state index < -0.39 is 0 Å². The minimum absolute atomic E-state index is 0.194. The van der Waals surface area contributed by atoms with E-state index in [9.17, 15) is 4.79 Å². The highest BCUT2D eigenvalue weighted by atomic mass is 79.9. The number of aromatic nitrogens is 2. The summed E-state index contributed by atoms with van der Waals surface area (Å²) in [5, 5.41) is 8.86. The smallest absolute Gasteiger partial charge is 0.258 e. The molecule has 5 heteroatoms. The molecule has 1 N–H and O–H groups in total. The van der Waals surface area contributed by atoms with Gasteiger partial charge in [0.15, 0.2) is 0 Å². The van der Waals surface area contributed by atoms with Crippen LogP contribution in [-0.4, -0.2) is 14.5 Å². The van der Waals surface area contributed by atoms with Gasteiger partial charge in [-0.3, -0.25) is 9.20 Å². The topological polar surface area (TPSA) is 54.6 Å². The normalized spacial score (nSPS) is 10.7. The molecular weight excluding hydrogens is 248 g/mol. The second-order valence-electron chi connectivity index (χ2n) is 2.82. The lowest BCUT2D eigenvalue weighted by Gasteiger charge is -2.01. The third kappa shape index (κ3) is 1.56. The van der Waals surface area contributed by atoms with Crippen LogP contribution in [0.2, 0.25) is 0 Å². The molecule has 2 heterocycles. The van der Waals surface area contributed by atoms with Crippen molar-refractivity contribution in [1.82, 2.24) is 9.38 Å². The summed E-state index contributed by atoms with van der Waals surface area (Å²) in [6, 6.07) is 4.83. The van der Waals surface area contributed by atoms with Crippen LogP contribution in [0.25, 0.3) is 5.65 Å².